The number of thioether (sulfide) groups is 1. The van der Waals surface area contributed by atoms with Crippen molar-refractivity contribution < 1.29 is 4.74 Å². The number of hydrogen-bond donors (Lipinski definition) is 0. The third kappa shape index (κ3) is 3.51. The van der Waals surface area contributed by atoms with Crippen molar-refractivity contribution in [2.45, 2.75) is 12.1 Å². The van der Waals surface area contributed by atoms with E-state index < -0.39 is 0 Å². The van der Waals surface area contributed by atoms with Crippen LogP contribution < -0.4 is 5.56 Å². The van der Waals surface area contributed by atoms with Crippen LogP contribution >= 0.6 is 11.8 Å². The molecule has 8 heteroatoms. The molecule has 0 amide bonds. The molecule has 3 heterocycles. The van der Waals surface area contributed by atoms with Gasteiger partial charge in [0.2, 0.25) is 5.78 Å². The van der Waals surface area contributed by atoms with Gasteiger partial charge in [-0.25, -0.2) is 4.57 Å². The minimum absolute atomic E-state index is 0.0841. The molecule has 0 aliphatic carbocycles. The molecule has 1 aliphatic heterocycles. The Labute approximate surface area is 178 Å². The zero-order valence-electron chi connectivity index (χ0n) is 16.8. The number of fused-ring (bicyclic) bond motifs is 3. The van der Waals surface area contributed by atoms with Crippen molar-refractivity contribution in [1.82, 2.24) is 24.1 Å². The predicted molar refractivity (Wildman–Crippen MR) is 119 cm³/mol. The van der Waals surface area contributed by atoms with Crippen LogP contribution in [0.25, 0.3) is 22.4 Å². The van der Waals surface area contributed by atoms with Crippen LogP contribution in [0.2, 0.25) is 0 Å². The van der Waals surface area contributed by atoms with E-state index in [2.05, 4.69) is 15.1 Å². The second-order valence-electron chi connectivity index (χ2n) is 7.41. The molecule has 0 radical (unpaired) electrons. The molecule has 154 valence electrons. The van der Waals surface area contributed by atoms with Crippen LogP contribution in [0.5, 0.6) is 0 Å². The molecule has 0 bridgehead atoms. The molecule has 4 aromatic rings. The third-order valence-corrected chi connectivity index (χ3v) is 6.34. The van der Waals surface area contributed by atoms with Crippen molar-refractivity contribution in [3.63, 3.8) is 0 Å². The molecule has 1 aliphatic rings. The average molecular weight is 422 g/mol. The van der Waals surface area contributed by atoms with E-state index in [1.807, 2.05) is 59.9 Å². The molecule has 30 heavy (non-hydrogen) atoms. The second-order valence-corrected chi connectivity index (χ2v) is 8.48. The minimum Gasteiger partial charge on any atom is -0.379 e. The highest BCUT2D eigenvalue weighted by molar-refractivity contribution is 7.99. The Morgan fingerprint density at radius 1 is 1.03 bits per heavy atom. The maximum atomic E-state index is 13.3. The zero-order chi connectivity index (χ0) is 20.5. The molecule has 0 saturated carbocycles. The number of aryl methyl sites for hydroxylation is 1. The number of benzene rings is 2. The Kier molecular flexibility index (Phi) is 5.28. The van der Waals surface area contributed by atoms with Gasteiger partial charge in [0.05, 0.1) is 29.8 Å². The molecular formula is C22H23N5O2S. The Morgan fingerprint density at radius 3 is 2.60 bits per heavy atom. The van der Waals surface area contributed by atoms with E-state index in [1.165, 1.54) is 0 Å². The lowest BCUT2D eigenvalue weighted by Gasteiger charge is -2.26. The van der Waals surface area contributed by atoms with Gasteiger partial charge in [-0.05, 0) is 31.2 Å². The lowest BCUT2D eigenvalue weighted by Crippen LogP contribution is -2.37. The summed E-state index contributed by atoms with van der Waals surface area (Å²) in [7, 11) is 0. The van der Waals surface area contributed by atoms with Gasteiger partial charge in [-0.1, -0.05) is 41.6 Å². The summed E-state index contributed by atoms with van der Waals surface area (Å²) >= 11 is 1.67. The normalized spacial score (nSPS) is 15.2. The first-order valence-corrected chi connectivity index (χ1v) is 11.1. The first-order chi connectivity index (χ1) is 14.7. The summed E-state index contributed by atoms with van der Waals surface area (Å²) in [5.74, 6) is 1.44. The fourth-order valence-corrected chi connectivity index (χ4v) is 4.73. The number of ether oxygens (including phenoxy) is 1. The average Bonchev–Trinajstić information content (AvgIpc) is 3.20. The maximum Gasteiger partial charge on any atom is 0.267 e. The minimum atomic E-state index is -0.0841. The van der Waals surface area contributed by atoms with Crippen molar-refractivity contribution >= 4 is 28.4 Å². The fourth-order valence-electron chi connectivity index (χ4n) is 3.79. The zero-order valence-corrected chi connectivity index (χ0v) is 17.6. The van der Waals surface area contributed by atoms with Crippen molar-refractivity contribution in [3.8, 4) is 5.69 Å². The van der Waals surface area contributed by atoms with E-state index in [4.69, 9.17) is 4.74 Å². The van der Waals surface area contributed by atoms with Crippen LogP contribution in [0, 0.1) is 6.92 Å². The predicted octanol–water partition coefficient (Wildman–Crippen LogP) is 2.77. The van der Waals surface area contributed by atoms with E-state index >= 15 is 0 Å². The number of hydrogen-bond acceptors (Lipinski definition) is 6. The Bertz CT molecular complexity index is 1240. The first kappa shape index (κ1) is 19.3. The summed E-state index contributed by atoms with van der Waals surface area (Å²) in [6.07, 6.45) is 0. The lowest BCUT2D eigenvalue weighted by atomic mass is 10.2. The molecule has 2 aromatic carbocycles. The van der Waals surface area contributed by atoms with Crippen LogP contribution in [0.3, 0.4) is 0 Å². The van der Waals surface area contributed by atoms with Crippen LogP contribution in [-0.2, 0) is 4.74 Å². The quantitative estimate of drug-likeness (QED) is 0.462. The largest absolute Gasteiger partial charge is 0.379 e. The van der Waals surface area contributed by atoms with E-state index in [0.29, 0.717) is 11.2 Å². The highest BCUT2D eigenvalue weighted by Gasteiger charge is 2.18. The monoisotopic (exact) mass is 421 g/mol. The summed E-state index contributed by atoms with van der Waals surface area (Å²) in [5.41, 5.74) is 2.68. The number of nitrogens with zero attached hydrogens (tertiary/aromatic N) is 5. The van der Waals surface area contributed by atoms with Crippen molar-refractivity contribution in [3.05, 3.63) is 64.4 Å². The smallest absolute Gasteiger partial charge is 0.267 e. The van der Waals surface area contributed by atoms with Crippen LogP contribution in [0.4, 0.5) is 0 Å². The summed E-state index contributed by atoms with van der Waals surface area (Å²) in [6.45, 7) is 6.54. The van der Waals surface area contributed by atoms with Gasteiger partial charge in [0, 0.05) is 25.4 Å². The summed E-state index contributed by atoms with van der Waals surface area (Å²) < 4.78 is 9.08. The van der Waals surface area contributed by atoms with Gasteiger partial charge >= 0.3 is 0 Å². The van der Waals surface area contributed by atoms with Gasteiger partial charge < -0.3 is 4.74 Å². The van der Waals surface area contributed by atoms with Crippen molar-refractivity contribution in [1.29, 1.82) is 0 Å². The number of rotatable bonds is 5. The van der Waals surface area contributed by atoms with Gasteiger partial charge in [-0.3, -0.25) is 14.1 Å². The molecule has 0 spiro atoms. The number of para-hydroxylation sites is 1. The van der Waals surface area contributed by atoms with E-state index in [9.17, 15) is 4.79 Å². The SMILES string of the molecule is Cc1ccc(-n2c(=O)c3ccccc3n3c(SCCN4CCOCC4)nnc23)cc1. The van der Waals surface area contributed by atoms with Gasteiger partial charge in [0.15, 0.2) is 5.16 Å². The van der Waals surface area contributed by atoms with Gasteiger partial charge in [-0.2, -0.15) is 0 Å². The van der Waals surface area contributed by atoms with Gasteiger partial charge in [0.1, 0.15) is 0 Å². The molecule has 1 fully saturated rings. The molecule has 5 rings (SSSR count). The summed E-state index contributed by atoms with van der Waals surface area (Å²) in [5, 5.41) is 10.3. The first-order valence-electron chi connectivity index (χ1n) is 10.1. The van der Waals surface area contributed by atoms with E-state index in [-0.39, 0.29) is 5.56 Å². The van der Waals surface area contributed by atoms with Gasteiger partial charge in [-0.15, -0.1) is 10.2 Å². The Hall–Kier alpha value is -2.68. The molecule has 0 unspecified atom stereocenters. The Balaban J connectivity index is 1.58. The highest BCUT2D eigenvalue weighted by Crippen LogP contribution is 2.23. The molecular weight excluding hydrogens is 398 g/mol. The van der Waals surface area contributed by atoms with Gasteiger partial charge in [0.25, 0.3) is 5.56 Å². The summed E-state index contributed by atoms with van der Waals surface area (Å²) in [4.78, 5) is 15.7. The van der Waals surface area contributed by atoms with Crippen molar-refractivity contribution in [2.75, 3.05) is 38.6 Å². The number of morpholine rings is 1. The standard InChI is InChI=1S/C22H23N5O2S/c1-16-6-8-17(9-7-16)26-20(28)18-4-2-3-5-19(18)27-21(26)23-24-22(27)30-15-12-25-10-13-29-14-11-25/h2-9H,10-15H2,1H3. The third-order valence-electron chi connectivity index (χ3n) is 5.43. The van der Waals surface area contributed by atoms with Crippen LogP contribution in [-0.4, -0.2) is 62.7 Å². The molecule has 0 atom stereocenters. The van der Waals surface area contributed by atoms with E-state index in [1.54, 1.807) is 16.3 Å². The van der Waals surface area contributed by atoms with Crippen LogP contribution in [0.1, 0.15) is 5.56 Å². The topological polar surface area (TPSA) is 64.7 Å². The second kappa shape index (κ2) is 8.22. The fraction of sp³-hybridized carbons (Fsp3) is 0.318. The van der Waals surface area contributed by atoms with Crippen LogP contribution in [0.15, 0.2) is 58.5 Å². The number of aromatic nitrogens is 4. The summed E-state index contributed by atoms with van der Waals surface area (Å²) in [6, 6.07) is 15.6. The molecule has 0 N–H and O–H groups in total. The molecule has 2 aromatic heterocycles. The molecule has 7 nitrogen and oxygen atoms in total. The highest BCUT2D eigenvalue weighted by atomic mass is 32.2. The maximum absolute atomic E-state index is 13.3. The van der Waals surface area contributed by atoms with Crippen molar-refractivity contribution in [2.24, 2.45) is 0 Å². The van der Waals surface area contributed by atoms with E-state index in [0.717, 1.165) is 60.5 Å². The molecule has 1 saturated heterocycles. The Morgan fingerprint density at radius 2 is 1.80 bits per heavy atom. The lowest BCUT2D eigenvalue weighted by molar-refractivity contribution is 0.0410.